The number of hydrogen-bond donors (Lipinski definition) is 0. The molecule has 0 spiro atoms. The van der Waals surface area contributed by atoms with Crippen LogP contribution in [0.3, 0.4) is 0 Å². The fraction of sp³-hybridized carbons (Fsp3) is 0.111. The van der Waals surface area contributed by atoms with E-state index in [4.69, 9.17) is 34.8 Å². The van der Waals surface area contributed by atoms with E-state index in [-0.39, 0.29) is 0 Å². The molecule has 144 valence electrons. The first-order valence-corrected chi connectivity index (χ1v) is 10.5. The fourth-order valence-electron chi connectivity index (χ4n) is 2.23. The second kappa shape index (κ2) is 9.05. The van der Waals surface area contributed by atoms with Crippen LogP contribution < -0.4 is 4.90 Å². The normalized spacial score (nSPS) is 10.7. The first-order valence-electron chi connectivity index (χ1n) is 7.82. The van der Waals surface area contributed by atoms with Gasteiger partial charge < -0.3 is 4.90 Å². The van der Waals surface area contributed by atoms with E-state index < -0.39 is 0 Å². The Bertz CT molecular complexity index is 1170. The summed E-state index contributed by atoms with van der Waals surface area (Å²) in [5.74, 6) is 0.794. The summed E-state index contributed by atoms with van der Waals surface area (Å²) >= 11 is 24.5. The largest absolute Gasteiger partial charge is 0.361 e. The summed E-state index contributed by atoms with van der Waals surface area (Å²) in [6, 6.07) is 7.41. The van der Waals surface area contributed by atoms with Gasteiger partial charge in [-0.15, -0.1) is 0 Å². The standard InChI is InChI=1S/C10H9BrClN3.C8H3BrCl2N2/c1-15(2)8-5-13-7-4-3-6(11)9(12)10(7)14-8;9-4-1-2-5-8(7(4)11)13-6(10)3-12-5/h3-5H,1-2H3;1-3H. The van der Waals surface area contributed by atoms with Gasteiger partial charge in [0, 0.05) is 23.0 Å². The molecule has 10 heteroatoms. The van der Waals surface area contributed by atoms with Gasteiger partial charge >= 0.3 is 0 Å². The Balaban J connectivity index is 0.000000162. The molecule has 4 aromatic rings. The highest BCUT2D eigenvalue weighted by Gasteiger charge is 2.08. The van der Waals surface area contributed by atoms with E-state index in [1.165, 1.54) is 6.20 Å². The highest BCUT2D eigenvalue weighted by atomic mass is 79.9. The zero-order valence-corrected chi connectivity index (χ0v) is 20.0. The van der Waals surface area contributed by atoms with Crippen molar-refractivity contribution in [2.75, 3.05) is 19.0 Å². The minimum Gasteiger partial charge on any atom is -0.361 e. The molecular formula is C18H12Br2Cl3N5. The summed E-state index contributed by atoms with van der Waals surface area (Å²) in [6.45, 7) is 0. The second-order valence-corrected chi connectivity index (χ2v) is 8.63. The Morgan fingerprint density at radius 3 is 1.79 bits per heavy atom. The minimum absolute atomic E-state index is 0.340. The lowest BCUT2D eigenvalue weighted by molar-refractivity contribution is 1.06. The molecule has 2 aromatic carbocycles. The molecule has 0 aliphatic carbocycles. The summed E-state index contributed by atoms with van der Waals surface area (Å²) in [4.78, 5) is 18.8. The summed E-state index contributed by atoms with van der Waals surface area (Å²) in [5, 5.41) is 1.48. The molecule has 0 N–H and O–H groups in total. The van der Waals surface area contributed by atoms with Crippen molar-refractivity contribution in [2.45, 2.75) is 0 Å². The van der Waals surface area contributed by atoms with E-state index in [1.807, 2.05) is 43.3 Å². The van der Waals surface area contributed by atoms with Crippen molar-refractivity contribution in [3.8, 4) is 0 Å². The van der Waals surface area contributed by atoms with E-state index in [1.54, 1.807) is 6.20 Å². The van der Waals surface area contributed by atoms with E-state index >= 15 is 0 Å². The van der Waals surface area contributed by atoms with E-state index in [0.717, 1.165) is 31.3 Å². The van der Waals surface area contributed by atoms with Crippen LogP contribution >= 0.6 is 66.7 Å². The maximum absolute atomic E-state index is 6.13. The molecule has 0 unspecified atom stereocenters. The average Bonchev–Trinajstić information content (AvgIpc) is 2.68. The summed E-state index contributed by atoms with van der Waals surface area (Å²) < 4.78 is 1.63. The molecule has 0 aliphatic heterocycles. The van der Waals surface area contributed by atoms with Gasteiger partial charge in [-0.05, 0) is 56.1 Å². The number of fused-ring (bicyclic) bond motifs is 2. The third kappa shape index (κ3) is 4.66. The average molecular weight is 564 g/mol. The molecule has 0 fully saturated rings. The lowest BCUT2D eigenvalue weighted by atomic mass is 10.3. The summed E-state index contributed by atoms with van der Waals surface area (Å²) in [6.07, 6.45) is 3.22. The molecule has 0 bridgehead atoms. The van der Waals surface area contributed by atoms with Crippen LogP contribution in [0, 0.1) is 0 Å². The predicted molar refractivity (Wildman–Crippen MR) is 124 cm³/mol. The minimum atomic E-state index is 0.340. The summed E-state index contributed by atoms with van der Waals surface area (Å²) in [5.41, 5.74) is 2.87. The van der Waals surface area contributed by atoms with Gasteiger partial charge in [-0.3, -0.25) is 9.97 Å². The van der Waals surface area contributed by atoms with Gasteiger partial charge in [0.25, 0.3) is 0 Å². The summed E-state index contributed by atoms with van der Waals surface area (Å²) in [7, 11) is 3.84. The monoisotopic (exact) mass is 561 g/mol. The van der Waals surface area contributed by atoms with Crippen LogP contribution in [-0.4, -0.2) is 34.0 Å². The third-order valence-corrected chi connectivity index (χ3v) is 6.35. The number of rotatable bonds is 1. The predicted octanol–water partition coefficient (Wildman–Crippen LogP) is 6.81. The highest BCUT2D eigenvalue weighted by Crippen LogP contribution is 2.30. The van der Waals surface area contributed by atoms with Crippen molar-refractivity contribution in [1.29, 1.82) is 0 Å². The van der Waals surface area contributed by atoms with Gasteiger partial charge in [-0.2, -0.15) is 0 Å². The molecule has 0 atom stereocenters. The van der Waals surface area contributed by atoms with E-state index in [2.05, 4.69) is 51.8 Å². The van der Waals surface area contributed by atoms with Crippen molar-refractivity contribution in [1.82, 2.24) is 19.9 Å². The number of benzene rings is 2. The smallest absolute Gasteiger partial charge is 0.148 e. The Morgan fingerprint density at radius 1 is 0.750 bits per heavy atom. The first-order chi connectivity index (χ1) is 13.3. The SMILES string of the molecule is CN(C)c1cnc2ccc(Br)c(Cl)c2n1.Clc1cnc2ccc(Br)c(Cl)c2n1. The third-order valence-electron chi connectivity index (χ3n) is 3.63. The fourth-order valence-corrected chi connectivity index (χ4v) is 3.40. The highest BCUT2D eigenvalue weighted by molar-refractivity contribution is 9.10. The van der Waals surface area contributed by atoms with Gasteiger partial charge in [0.1, 0.15) is 22.0 Å². The topological polar surface area (TPSA) is 54.8 Å². The van der Waals surface area contributed by atoms with E-state index in [0.29, 0.717) is 20.7 Å². The van der Waals surface area contributed by atoms with Gasteiger partial charge in [-0.25, -0.2) is 9.97 Å². The lowest BCUT2D eigenvalue weighted by Gasteiger charge is -2.11. The van der Waals surface area contributed by atoms with Crippen molar-refractivity contribution in [3.63, 3.8) is 0 Å². The maximum atomic E-state index is 6.13. The van der Waals surface area contributed by atoms with Crippen LogP contribution in [0.25, 0.3) is 22.1 Å². The molecule has 4 rings (SSSR count). The maximum Gasteiger partial charge on any atom is 0.148 e. The number of aromatic nitrogens is 4. The number of anilines is 1. The molecular weight excluding hydrogens is 552 g/mol. The van der Waals surface area contributed by atoms with Crippen LogP contribution in [0.2, 0.25) is 15.2 Å². The molecule has 0 aliphatic rings. The molecule has 28 heavy (non-hydrogen) atoms. The Kier molecular flexibility index (Phi) is 6.94. The molecule has 0 saturated carbocycles. The van der Waals surface area contributed by atoms with Gasteiger partial charge in [0.2, 0.25) is 0 Å². The molecule has 2 aromatic heterocycles. The van der Waals surface area contributed by atoms with Crippen molar-refractivity contribution < 1.29 is 0 Å². The molecule has 0 amide bonds. The van der Waals surface area contributed by atoms with E-state index in [9.17, 15) is 0 Å². The second-order valence-electron chi connectivity index (χ2n) is 5.77. The Hall–Kier alpha value is -1.25. The van der Waals surface area contributed by atoms with Crippen LogP contribution in [0.5, 0.6) is 0 Å². The Labute approximate surface area is 193 Å². The molecule has 0 radical (unpaired) electrons. The van der Waals surface area contributed by atoms with Gasteiger partial charge in [-0.1, -0.05) is 34.8 Å². The zero-order chi connectivity index (χ0) is 20.4. The van der Waals surface area contributed by atoms with Gasteiger partial charge in [0.15, 0.2) is 0 Å². The van der Waals surface area contributed by atoms with Crippen LogP contribution in [-0.2, 0) is 0 Å². The number of nitrogens with zero attached hydrogens (tertiary/aromatic N) is 5. The molecule has 5 nitrogen and oxygen atoms in total. The quantitative estimate of drug-likeness (QED) is 0.254. The van der Waals surface area contributed by atoms with Crippen molar-refractivity contribution in [2.24, 2.45) is 0 Å². The zero-order valence-electron chi connectivity index (χ0n) is 14.6. The van der Waals surface area contributed by atoms with Gasteiger partial charge in [0.05, 0.1) is 33.5 Å². The van der Waals surface area contributed by atoms with Crippen LogP contribution in [0.15, 0.2) is 45.6 Å². The Morgan fingerprint density at radius 2 is 1.25 bits per heavy atom. The van der Waals surface area contributed by atoms with Crippen LogP contribution in [0.4, 0.5) is 5.82 Å². The number of halogens is 5. The van der Waals surface area contributed by atoms with Crippen molar-refractivity contribution >= 4 is 94.5 Å². The number of hydrogen-bond acceptors (Lipinski definition) is 5. The lowest BCUT2D eigenvalue weighted by Crippen LogP contribution is -2.10. The first kappa shape index (κ1) is 21.5. The van der Waals surface area contributed by atoms with Crippen molar-refractivity contribution in [3.05, 3.63) is 60.8 Å². The molecule has 2 heterocycles. The molecule has 0 saturated heterocycles. The van der Waals surface area contributed by atoms with Crippen LogP contribution in [0.1, 0.15) is 0 Å².